The second-order valence-corrected chi connectivity index (χ2v) is 18.2. The lowest BCUT2D eigenvalue weighted by atomic mass is 10.0. The third-order valence-electron chi connectivity index (χ3n) is 12.4. The molecule has 0 saturated heterocycles. The first-order valence-electron chi connectivity index (χ1n) is 26.6. The Morgan fingerprint density at radius 1 is 0.286 bits per heavy atom. The van der Waals surface area contributed by atoms with Crippen molar-refractivity contribution in [2.24, 2.45) is 0 Å². The summed E-state index contributed by atoms with van der Waals surface area (Å²) in [4.78, 5) is 12.0. The van der Waals surface area contributed by atoms with Crippen molar-refractivity contribution >= 4 is 5.97 Å². The monoisotopic (exact) mass is 787 g/mol. The minimum Gasteiger partial charge on any atom is -0.466 e. The van der Waals surface area contributed by atoms with Gasteiger partial charge in [-0.2, -0.15) is 0 Å². The molecular formula is C54H106O2. The zero-order valence-electron chi connectivity index (χ0n) is 39.1. The van der Waals surface area contributed by atoms with Crippen molar-refractivity contribution in [1.82, 2.24) is 0 Å². The van der Waals surface area contributed by atoms with Gasteiger partial charge in [0.15, 0.2) is 0 Å². The van der Waals surface area contributed by atoms with Crippen molar-refractivity contribution in [3.63, 3.8) is 0 Å². The Morgan fingerprint density at radius 3 is 0.768 bits per heavy atom. The summed E-state index contributed by atoms with van der Waals surface area (Å²) in [7, 11) is 0. The Kier molecular flexibility index (Phi) is 51.5. The second kappa shape index (κ2) is 52.2. The molecule has 334 valence electrons. The van der Waals surface area contributed by atoms with Crippen LogP contribution in [-0.2, 0) is 9.53 Å². The summed E-state index contributed by atoms with van der Waals surface area (Å²) >= 11 is 0. The Labute approximate surface area is 355 Å². The second-order valence-electron chi connectivity index (χ2n) is 18.2. The van der Waals surface area contributed by atoms with Gasteiger partial charge in [-0.05, 0) is 38.5 Å². The summed E-state index contributed by atoms with van der Waals surface area (Å²) in [5.41, 5.74) is 0. The van der Waals surface area contributed by atoms with E-state index < -0.39 is 0 Å². The van der Waals surface area contributed by atoms with Gasteiger partial charge in [0.25, 0.3) is 0 Å². The smallest absolute Gasteiger partial charge is 0.305 e. The van der Waals surface area contributed by atoms with Crippen LogP contribution in [0.3, 0.4) is 0 Å². The number of hydrogen-bond acceptors (Lipinski definition) is 2. The molecule has 56 heavy (non-hydrogen) atoms. The maximum atomic E-state index is 12.0. The Hall–Kier alpha value is -0.790. The largest absolute Gasteiger partial charge is 0.466 e. The fraction of sp³-hybridized carbons (Fsp3) is 0.944. The number of unbranched alkanes of at least 4 members (excludes halogenated alkanes) is 44. The van der Waals surface area contributed by atoms with E-state index in [0.717, 1.165) is 12.8 Å². The number of carbonyl (C=O) groups is 1. The quantitative estimate of drug-likeness (QED) is 0.0349. The highest BCUT2D eigenvalue weighted by Gasteiger charge is 2.03. The summed E-state index contributed by atoms with van der Waals surface area (Å²) in [6, 6.07) is 0. The lowest BCUT2D eigenvalue weighted by molar-refractivity contribution is -0.143. The maximum absolute atomic E-state index is 12.0. The van der Waals surface area contributed by atoms with Gasteiger partial charge in [-0.3, -0.25) is 4.79 Å². The molecule has 0 bridgehead atoms. The molecule has 0 heterocycles. The Bertz CT molecular complexity index is 728. The zero-order valence-corrected chi connectivity index (χ0v) is 39.1. The van der Waals surface area contributed by atoms with E-state index in [9.17, 15) is 4.79 Å². The number of rotatable bonds is 50. The molecule has 2 heteroatoms. The van der Waals surface area contributed by atoms with Crippen molar-refractivity contribution in [2.45, 2.75) is 322 Å². The summed E-state index contributed by atoms with van der Waals surface area (Å²) in [5.74, 6) is 0.0264. The normalized spacial score (nSPS) is 11.7. The van der Waals surface area contributed by atoms with E-state index in [0.29, 0.717) is 13.0 Å². The molecule has 0 aliphatic carbocycles. The average Bonchev–Trinajstić information content (AvgIpc) is 3.20. The van der Waals surface area contributed by atoms with E-state index in [2.05, 4.69) is 26.0 Å². The van der Waals surface area contributed by atoms with Crippen LogP contribution in [0.5, 0.6) is 0 Å². The summed E-state index contributed by atoms with van der Waals surface area (Å²) < 4.78 is 5.48. The van der Waals surface area contributed by atoms with Crippen LogP contribution >= 0.6 is 0 Å². The molecule has 0 spiro atoms. The molecule has 0 aliphatic heterocycles. The van der Waals surface area contributed by atoms with Crippen LogP contribution in [-0.4, -0.2) is 12.6 Å². The fourth-order valence-electron chi connectivity index (χ4n) is 8.43. The van der Waals surface area contributed by atoms with Gasteiger partial charge in [0.05, 0.1) is 6.61 Å². The summed E-state index contributed by atoms with van der Waals surface area (Å²) in [6.45, 7) is 5.22. The van der Waals surface area contributed by atoms with Gasteiger partial charge in [0.1, 0.15) is 0 Å². The number of esters is 1. The van der Waals surface area contributed by atoms with E-state index in [1.165, 1.54) is 289 Å². The number of hydrogen-bond donors (Lipinski definition) is 0. The van der Waals surface area contributed by atoms with Crippen LogP contribution in [0.1, 0.15) is 322 Å². The molecule has 0 aromatic rings. The van der Waals surface area contributed by atoms with E-state index in [4.69, 9.17) is 4.74 Å². The van der Waals surface area contributed by atoms with Crippen LogP contribution in [0.25, 0.3) is 0 Å². The molecule has 0 radical (unpaired) electrons. The average molecular weight is 787 g/mol. The fourth-order valence-corrected chi connectivity index (χ4v) is 8.43. The molecule has 0 N–H and O–H groups in total. The molecule has 0 aliphatic rings. The Balaban J connectivity index is 3.15. The third kappa shape index (κ3) is 51.2. The first kappa shape index (κ1) is 55.2. The van der Waals surface area contributed by atoms with Gasteiger partial charge < -0.3 is 4.74 Å². The molecule has 0 atom stereocenters. The minimum atomic E-state index is 0.0264. The lowest BCUT2D eigenvalue weighted by Crippen LogP contribution is -2.05. The molecular weight excluding hydrogens is 681 g/mol. The van der Waals surface area contributed by atoms with Crippen molar-refractivity contribution in [3.8, 4) is 0 Å². The SMILES string of the molecule is CCCCCCCC/C=C\CCCCCCCCOC(=O)CCCCCCCCCCCCCCCCCCCCCCCCCCCCCCCCCCC. The van der Waals surface area contributed by atoms with Crippen molar-refractivity contribution < 1.29 is 9.53 Å². The molecule has 0 unspecified atom stereocenters. The highest BCUT2D eigenvalue weighted by Crippen LogP contribution is 2.18. The van der Waals surface area contributed by atoms with Crippen molar-refractivity contribution in [2.75, 3.05) is 6.61 Å². The standard InChI is InChI=1S/C54H106O2/c1-3-5-7-9-11-13-15-17-19-21-22-23-24-25-26-27-28-29-30-31-32-33-34-35-36-37-38-40-42-44-46-48-50-52-54(55)56-53-51-49-47-45-43-41-39-20-18-16-14-12-10-8-6-4-2/h18,20H,3-17,19,21-53H2,1-2H3/b20-18-. The van der Waals surface area contributed by atoms with Crippen LogP contribution in [0.4, 0.5) is 0 Å². The molecule has 2 nitrogen and oxygen atoms in total. The highest BCUT2D eigenvalue weighted by molar-refractivity contribution is 5.69. The van der Waals surface area contributed by atoms with Crippen LogP contribution in [0.2, 0.25) is 0 Å². The lowest BCUT2D eigenvalue weighted by Gasteiger charge is -2.06. The molecule has 0 aromatic carbocycles. The van der Waals surface area contributed by atoms with Gasteiger partial charge in [-0.15, -0.1) is 0 Å². The predicted molar refractivity (Wildman–Crippen MR) is 253 cm³/mol. The van der Waals surface area contributed by atoms with E-state index in [1.54, 1.807) is 0 Å². The minimum absolute atomic E-state index is 0.0264. The van der Waals surface area contributed by atoms with E-state index in [-0.39, 0.29) is 5.97 Å². The molecule has 0 rings (SSSR count). The van der Waals surface area contributed by atoms with Crippen LogP contribution in [0, 0.1) is 0 Å². The Morgan fingerprint density at radius 2 is 0.500 bits per heavy atom. The number of carbonyl (C=O) groups excluding carboxylic acids is 1. The predicted octanol–water partition coefficient (Wildman–Crippen LogP) is 19.9. The third-order valence-corrected chi connectivity index (χ3v) is 12.4. The van der Waals surface area contributed by atoms with Gasteiger partial charge in [-0.1, -0.05) is 289 Å². The number of allylic oxidation sites excluding steroid dienone is 2. The van der Waals surface area contributed by atoms with Gasteiger partial charge >= 0.3 is 5.97 Å². The topological polar surface area (TPSA) is 26.3 Å². The van der Waals surface area contributed by atoms with E-state index in [1.807, 2.05) is 0 Å². The number of ether oxygens (including phenoxy) is 1. The van der Waals surface area contributed by atoms with Gasteiger partial charge in [0, 0.05) is 6.42 Å². The van der Waals surface area contributed by atoms with E-state index >= 15 is 0 Å². The maximum Gasteiger partial charge on any atom is 0.305 e. The van der Waals surface area contributed by atoms with Gasteiger partial charge in [0.2, 0.25) is 0 Å². The summed E-state index contributed by atoms with van der Waals surface area (Å²) in [6.07, 6.45) is 70.9. The molecule has 0 saturated carbocycles. The molecule has 0 aromatic heterocycles. The van der Waals surface area contributed by atoms with Crippen molar-refractivity contribution in [1.29, 1.82) is 0 Å². The van der Waals surface area contributed by atoms with Crippen LogP contribution < -0.4 is 0 Å². The van der Waals surface area contributed by atoms with Crippen molar-refractivity contribution in [3.05, 3.63) is 12.2 Å². The van der Waals surface area contributed by atoms with Crippen LogP contribution in [0.15, 0.2) is 12.2 Å². The molecule has 0 amide bonds. The zero-order chi connectivity index (χ0) is 40.3. The van der Waals surface area contributed by atoms with Gasteiger partial charge in [-0.25, -0.2) is 0 Å². The first-order chi connectivity index (χ1) is 27.8. The summed E-state index contributed by atoms with van der Waals surface area (Å²) in [5, 5.41) is 0. The first-order valence-corrected chi connectivity index (χ1v) is 26.6. The molecule has 0 fully saturated rings. The highest BCUT2D eigenvalue weighted by atomic mass is 16.5.